The first-order valence-corrected chi connectivity index (χ1v) is 8.99. The number of nitrogens with zero attached hydrogens (tertiary/aromatic N) is 2. The van der Waals surface area contributed by atoms with Crippen molar-refractivity contribution >= 4 is 23.5 Å². The monoisotopic (exact) mass is 349 g/mol. The van der Waals surface area contributed by atoms with Crippen LogP contribution in [0.1, 0.15) is 27.0 Å². The molecule has 0 atom stereocenters. The summed E-state index contributed by atoms with van der Waals surface area (Å²) in [5, 5.41) is 11.9. The fourth-order valence-corrected chi connectivity index (χ4v) is 3.07. The quantitative estimate of drug-likeness (QED) is 0.682. The van der Waals surface area contributed by atoms with E-state index < -0.39 is 0 Å². The van der Waals surface area contributed by atoms with Crippen LogP contribution < -0.4 is 5.32 Å². The van der Waals surface area contributed by atoms with Gasteiger partial charge >= 0.3 is 0 Å². The third-order valence-electron chi connectivity index (χ3n) is 3.66. The van der Waals surface area contributed by atoms with Crippen LogP contribution in [-0.2, 0) is 5.75 Å². The van der Waals surface area contributed by atoms with Gasteiger partial charge in [-0.05, 0) is 43.7 Å². The molecule has 0 saturated heterocycles. The van der Waals surface area contributed by atoms with Crippen molar-refractivity contribution in [2.24, 2.45) is 0 Å². The van der Waals surface area contributed by atoms with Gasteiger partial charge in [-0.2, -0.15) is 0 Å². The van der Waals surface area contributed by atoms with Gasteiger partial charge < -0.3 is 5.32 Å². The number of amides is 1. The Labute approximate surface area is 151 Å². The number of nitrogens with one attached hydrogen (secondary N) is 1. The second-order valence-corrected chi connectivity index (χ2v) is 6.85. The third kappa shape index (κ3) is 4.90. The van der Waals surface area contributed by atoms with Crippen LogP contribution in [0.15, 0.2) is 65.7 Å². The summed E-state index contributed by atoms with van der Waals surface area (Å²) in [5.41, 5.74) is 4.22. The van der Waals surface area contributed by atoms with Crippen LogP contribution in [0.4, 0.5) is 5.82 Å². The van der Waals surface area contributed by atoms with Gasteiger partial charge in [-0.25, -0.2) is 0 Å². The lowest BCUT2D eigenvalue weighted by Gasteiger charge is -2.05. The predicted molar refractivity (Wildman–Crippen MR) is 102 cm³/mol. The van der Waals surface area contributed by atoms with Crippen molar-refractivity contribution in [2.75, 3.05) is 5.32 Å². The number of carbonyl (C=O) groups is 1. The van der Waals surface area contributed by atoms with Gasteiger partial charge in [0.25, 0.3) is 5.91 Å². The first-order chi connectivity index (χ1) is 12.1. The maximum absolute atomic E-state index is 12.2. The lowest BCUT2D eigenvalue weighted by atomic mass is 10.1. The minimum atomic E-state index is -0.186. The van der Waals surface area contributed by atoms with E-state index >= 15 is 0 Å². The molecule has 0 aliphatic heterocycles. The molecule has 25 heavy (non-hydrogen) atoms. The van der Waals surface area contributed by atoms with E-state index in [2.05, 4.69) is 46.7 Å². The Bertz CT molecular complexity index is 861. The van der Waals surface area contributed by atoms with E-state index in [1.165, 1.54) is 11.1 Å². The Balaban J connectivity index is 1.58. The van der Waals surface area contributed by atoms with E-state index in [1.807, 2.05) is 25.1 Å². The number of hydrogen-bond acceptors (Lipinski definition) is 4. The number of carbonyl (C=O) groups excluding carboxylic acids is 1. The predicted octanol–water partition coefficient (Wildman–Crippen LogP) is 4.64. The highest BCUT2D eigenvalue weighted by molar-refractivity contribution is 7.98. The van der Waals surface area contributed by atoms with Gasteiger partial charge in [-0.15, -0.1) is 10.2 Å². The molecule has 126 valence electrons. The first-order valence-electron chi connectivity index (χ1n) is 8.00. The number of aromatic nitrogens is 2. The molecule has 1 heterocycles. The highest BCUT2D eigenvalue weighted by atomic mass is 32.2. The van der Waals surface area contributed by atoms with Gasteiger partial charge in [0.2, 0.25) is 0 Å². The first kappa shape index (κ1) is 17.2. The number of benzene rings is 2. The van der Waals surface area contributed by atoms with Crippen molar-refractivity contribution in [3.05, 3.63) is 82.9 Å². The van der Waals surface area contributed by atoms with Crippen LogP contribution in [0.2, 0.25) is 0 Å². The van der Waals surface area contributed by atoms with Gasteiger partial charge in [-0.3, -0.25) is 4.79 Å². The molecule has 0 saturated carbocycles. The van der Waals surface area contributed by atoms with Crippen LogP contribution in [-0.4, -0.2) is 16.1 Å². The summed E-state index contributed by atoms with van der Waals surface area (Å²) in [6.07, 6.45) is 0. The largest absolute Gasteiger partial charge is 0.305 e. The zero-order valence-electron chi connectivity index (χ0n) is 14.2. The Morgan fingerprint density at radius 1 is 0.960 bits per heavy atom. The molecular formula is C20H19N3OS. The Kier molecular flexibility index (Phi) is 5.46. The van der Waals surface area contributed by atoms with Crippen molar-refractivity contribution in [3.8, 4) is 0 Å². The smallest absolute Gasteiger partial charge is 0.256 e. The van der Waals surface area contributed by atoms with Gasteiger partial charge in [0, 0.05) is 11.3 Å². The van der Waals surface area contributed by atoms with Crippen molar-refractivity contribution < 1.29 is 4.79 Å². The third-order valence-corrected chi connectivity index (χ3v) is 4.66. The lowest BCUT2D eigenvalue weighted by Crippen LogP contribution is -2.13. The minimum Gasteiger partial charge on any atom is -0.305 e. The average Bonchev–Trinajstić information content (AvgIpc) is 2.62. The van der Waals surface area contributed by atoms with E-state index in [-0.39, 0.29) is 5.91 Å². The van der Waals surface area contributed by atoms with Crippen molar-refractivity contribution in [1.29, 1.82) is 0 Å². The molecule has 0 aliphatic carbocycles. The molecule has 5 heteroatoms. The van der Waals surface area contributed by atoms with Crippen molar-refractivity contribution in [3.63, 3.8) is 0 Å². The normalized spacial score (nSPS) is 10.5. The maximum atomic E-state index is 12.2. The van der Waals surface area contributed by atoms with E-state index in [4.69, 9.17) is 0 Å². The van der Waals surface area contributed by atoms with Gasteiger partial charge in [-0.1, -0.05) is 59.3 Å². The van der Waals surface area contributed by atoms with Crippen molar-refractivity contribution in [1.82, 2.24) is 10.2 Å². The molecule has 1 amide bonds. The number of anilines is 1. The van der Waals surface area contributed by atoms with E-state index in [0.717, 1.165) is 16.3 Å². The summed E-state index contributed by atoms with van der Waals surface area (Å²) in [6, 6.07) is 19.5. The molecule has 3 aromatic rings. The zero-order valence-corrected chi connectivity index (χ0v) is 15.0. The second-order valence-electron chi connectivity index (χ2n) is 5.85. The Hall–Kier alpha value is -2.66. The fraction of sp³-hybridized carbons (Fsp3) is 0.150. The summed E-state index contributed by atoms with van der Waals surface area (Å²) in [6.45, 7) is 4.07. The summed E-state index contributed by atoms with van der Waals surface area (Å²) in [7, 11) is 0. The van der Waals surface area contributed by atoms with Gasteiger partial charge in [0.1, 0.15) is 5.03 Å². The molecule has 4 nitrogen and oxygen atoms in total. The molecular weight excluding hydrogens is 330 g/mol. The molecule has 2 aromatic carbocycles. The van der Waals surface area contributed by atoms with E-state index in [1.54, 1.807) is 30.0 Å². The van der Waals surface area contributed by atoms with Gasteiger partial charge in [0.15, 0.2) is 5.82 Å². The molecule has 1 N–H and O–H groups in total. The molecule has 0 fully saturated rings. The number of rotatable bonds is 5. The Morgan fingerprint density at radius 3 is 2.44 bits per heavy atom. The maximum Gasteiger partial charge on any atom is 0.256 e. The van der Waals surface area contributed by atoms with Gasteiger partial charge in [0.05, 0.1) is 0 Å². The molecule has 0 aliphatic rings. The average molecular weight is 349 g/mol. The highest BCUT2D eigenvalue weighted by Crippen LogP contribution is 2.21. The molecule has 3 rings (SSSR count). The number of hydrogen-bond donors (Lipinski definition) is 1. The second kappa shape index (κ2) is 7.94. The highest BCUT2D eigenvalue weighted by Gasteiger charge is 2.07. The van der Waals surface area contributed by atoms with Crippen LogP contribution in [0.25, 0.3) is 0 Å². The minimum absolute atomic E-state index is 0.186. The number of aryl methyl sites for hydroxylation is 2. The molecule has 0 spiro atoms. The summed E-state index contributed by atoms with van der Waals surface area (Å²) in [4.78, 5) is 12.2. The molecule has 1 aromatic heterocycles. The molecule has 0 radical (unpaired) electrons. The zero-order chi connectivity index (χ0) is 17.6. The summed E-state index contributed by atoms with van der Waals surface area (Å²) >= 11 is 1.62. The Morgan fingerprint density at radius 2 is 1.76 bits per heavy atom. The fourth-order valence-electron chi connectivity index (χ4n) is 2.32. The van der Waals surface area contributed by atoms with Crippen molar-refractivity contribution in [2.45, 2.75) is 24.6 Å². The van der Waals surface area contributed by atoms with Crippen LogP contribution in [0.3, 0.4) is 0 Å². The number of thioether (sulfide) groups is 1. The van der Waals surface area contributed by atoms with Crippen LogP contribution in [0.5, 0.6) is 0 Å². The van der Waals surface area contributed by atoms with Crippen LogP contribution in [0, 0.1) is 13.8 Å². The molecule has 0 unspecified atom stereocenters. The molecule has 0 bridgehead atoms. The summed E-state index contributed by atoms with van der Waals surface area (Å²) in [5.74, 6) is 1.10. The lowest BCUT2D eigenvalue weighted by molar-refractivity contribution is 0.102. The van der Waals surface area contributed by atoms with E-state index in [9.17, 15) is 4.79 Å². The standard InChI is InChI=1S/C20H19N3OS/c1-14-6-8-17(9-7-14)20(24)21-18-10-11-19(23-22-18)25-13-16-5-3-4-15(2)12-16/h3-12H,13H2,1-2H3,(H,21,22,24). The topological polar surface area (TPSA) is 54.9 Å². The van der Waals surface area contributed by atoms with E-state index in [0.29, 0.717) is 11.4 Å². The SMILES string of the molecule is Cc1ccc(C(=O)Nc2ccc(SCc3cccc(C)c3)nn2)cc1. The summed E-state index contributed by atoms with van der Waals surface area (Å²) < 4.78 is 0. The van der Waals surface area contributed by atoms with Crippen LogP contribution >= 0.6 is 11.8 Å².